The highest BCUT2D eigenvalue weighted by molar-refractivity contribution is 7.07. The van der Waals surface area contributed by atoms with Crippen LogP contribution in [0.2, 0.25) is 0 Å². The van der Waals surface area contributed by atoms with Crippen LogP contribution >= 0.6 is 11.3 Å². The zero-order valence-corrected chi connectivity index (χ0v) is 15.5. The second-order valence-electron chi connectivity index (χ2n) is 5.52. The van der Waals surface area contributed by atoms with Crippen molar-refractivity contribution < 1.29 is 9.47 Å². The van der Waals surface area contributed by atoms with Crippen molar-refractivity contribution in [2.75, 3.05) is 27.7 Å². The van der Waals surface area contributed by atoms with E-state index in [1.807, 2.05) is 38.2 Å². The molecule has 0 spiro atoms. The Morgan fingerprint density at radius 2 is 2.12 bits per heavy atom. The predicted molar refractivity (Wildman–Crippen MR) is 100 cm³/mol. The number of hydrogen-bond acceptors (Lipinski definition) is 4. The smallest absolute Gasteiger partial charge is 0.193 e. The third-order valence-electron chi connectivity index (χ3n) is 3.50. The molecule has 1 aromatic heterocycles. The van der Waals surface area contributed by atoms with Gasteiger partial charge in [0.05, 0.1) is 13.7 Å². The van der Waals surface area contributed by atoms with E-state index in [0.717, 1.165) is 24.0 Å². The summed E-state index contributed by atoms with van der Waals surface area (Å²) in [5.74, 6) is 2.44. The number of benzene rings is 1. The first-order valence-corrected chi connectivity index (χ1v) is 8.80. The monoisotopic (exact) mass is 347 g/mol. The SMILES string of the molecule is CN=C(NCC(C)Oc1cccc(OC)c1)N(C)Cc1ccsc1. The van der Waals surface area contributed by atoms with Crippen molar-refractivity contribution in [3.63, 3.8) is 0 Å². The normalized spacial score (nSPS) is 12.6. The second kappa shape index (κ2) is 9.17. The molecule has 0 aliphatic heterocycles. The van der Waals surface area contributed by atoms with Gasteiger partial charge in [0.15, 0.2) is 5.96 Å². The van der Waals surface area contributed by atoms with E-state index >= 15 is 0 Å². The summed E-state index contributed by atoms with van der Waals surface area (Å²) in [4.78, 5) is 6.43. The lowest BCUT2D eigenvalue weighted by molar-refractivity contribution is 0.221. The van der Waals surface area contributed by atoms with Crippen molar-refractivity contribution in [1.82, 2.24) is 10.2 Å². The number of nitrogens with zero attached hydrogens (tertiary/aromatic N) is 2. The molecule has 5 nitrogen and oxygen atoms in total. The van der Waals surface area contributed by atoms with Gasteiger partial charge < -0.3 is 19.7 Å². The Labute approximate surface area is 147 Å². The number of thiophene rings is 1. The fourth-order valence-corrected chi connectivity index (χ4v) is 2.96. The Hall–Kier alpha value is -2.21. The van der Waals surface area contributed by atoms with Gasteiger partial charge in [-0.25, -0.2) is 0 Å². The predicted octanol–water partition coefficient (Wildman–Crippen LogP) is 3.23. The molecule has 130 valence electrons. The minimum atomic E-state index is 0.00315. The third-order valence-corrected chi connectivity index (χ3v) is 4.23. The minimum Gasteiger partial charge on any atom is -0.497 e. The largest absolute Gasteiger partial charge is 0.497 e. The molecule has 1 unspecified atom stereocenters. The van der Waals surface area contributed by atoms with Gasteiger partial charge in [-0.2, -0.15) is 11.3 Å². The molecule has 0 radical (unpaired) electrons. The van der Waals surface area contributed by atoms with E-state index in [1.54, 1.807) is 25.5 Å². The van der Waals surface area contributed by atoms with Crippen molar-refractivity contribution in [2.24, 2.45) is 4.99 Å². The fourth-order valence-electron chi connectivity index (χ4n) is 2.30. The molecular weight excluding hydrogens is 322 g/mol. The molecule has 0 aliphatic rings. The van der Waals surface area contributed by atoms with Gasteiger partial charge in [0, 0.05) is 26.7 Å². The Morgan fingerprint density at radius 3 is 2.79 bits per heavy atom. The minimum absolute atomic E-state index is 0.00315. The van der Waals surface area contributed by atoms with Crippen LogP contribution in [0.3, 0.4) is 0 Å². The van der Waals surface area contributed by atoms with Gasteiger partial charge in [-0.15, -0.1) is 0 Å². The summed E-state index contributed by atoms with van der Waals surface area (Å²) in [5.41, 5.74) is 1.28. The number of aliphatic imine (C=N–C) groups is 1. The maximum Gasteiger partial charge on any atom is 0.193 e. The number of hydrogen-bond donors (Lipinski definition) is 1. The summed E-state index contributed by atoms with van der Waals surface area (Å²) < 4.78 is 11.1. The van der Waals surface area contributed by atoms with Gasteiger partial charge in [-0.05, 0) is 41.4 Å². The summed E-state index contributed by atoms with van der Waals surface area (Å²) in [6, 6.07) is 9.76. The van der Waals surface area contributed by atoms with E-state index in [0.29, 0.717) is 6.54 Å². The number of guanidine groups is 1. The Balaban J connectivity index is 1.83. The molecule has 0 saturated heterocycles. The summed E-state index contributed by atoms with van der Waals surface area (Å²) in [6.45, 7) is 3.52. The first-order valence-electron chi connectivity index (χ1n) is 7.86. The van der Waals surface area contributed by atoms with Crippen LogP contribution in [0.25, 0.3) is 0 Å². The van der Waals surface area contributed by atoms with Crippen LogP contribution in [0.4, 0.5) is 0 Å². The molecule has 0 fully saturated rings. The zero-order chi connectivity index (χ0) is 17.4. The fraction of sp³-hybridized carbons (Fsp3) is 0.389. The lowest BCUT2D eigenvalue weighted by atomic mass is 10.3. The van der Waals surface area contributed by atoms with E-state index in [2.05, 4.69) is 32.0 Å². The van der Waals surface area contributed by atoms with Crippen molar-refractivity contribution in [3.8, 4) is 11.5 Å². The highest BCUT2D eigenvalue weighted by Gasteiger charge is 2.10. The van der Waals surface area contributed by atoms with Crippen LogP contribution in [-0.2, 0) is 6.54 Å². The first kappa shape index (κ1) is 18.1. The summed E-state index contributed by atoms with van der Waals surface area (Å²) >= 11 is 1.71. The average Bonchev–Trinajstić information content (AvgIpc) is 3.08. The zero-order valence-electron chi connectivity index (χ0n) is 14.7. The third kappa shape index (κ3) is 5.45. The van der Waals surface area contributed by atoms with Crippen LogP contribution in [0, 0.1) is 0 Å². The quantitative estimate of drug-likeness (QED) is 0.617. The number of rotatable bonds is 7. The molecule has 1 N–H and O–H groups in total. The van der Waals surface area contributed by atoms with Gasteiger partial charge in [-0.1, -0.05) is 6.07 Å². The van der Waals surface area contributed by atoms with Crippen molar-refractivity contribution in [1.29, 1.82) is 0 Å². The van der Waals surface area contributed by atoms with Gasteiger partial charge in [0.2, 0.25) is 0 Å². The van der Waals surface area contributed by atoms with E-state index in [-0.39, 0.29) is 6.10 Å². The van der Waals surface area contributed by atoms with E-state index in [9.17, 15) is 0 Å². The Bertz CT molecular complexity index is 643. The molecule has 0 saturated carbocycles. The van der Waals surface area contributed by atoms with Gasteiger partial charge in [-0.3, -0.25) is 4.99 Å². The summed E-state index contributed by atoms with van der Waals surface area (Å²) in [7, 11) is 5.47. The van der Waals surface area contributed by atoms with Crippen molar-refractivity contribution in [2.45, 2.75) is 19.6 Å². The number of ether oxygens (including phenoxy) is 2. The molecule has 6 heteroatoms. The average molecular weight is 347 g/mol. The van der Waals surface area contributed by atoms with Crippen molar-refractivity contribution in [3.05, 3.63) is 46.7 Å². The van der Waals surface area contributed by atoms with Crippen LogP contribution in [-0.4, -0.2) is 44.7 Å². The van der Waals surface area contributed by atoms with Crippen LogP contribution in [0.1, 0.15) is 12.5 Å². The molecule has 2 rings (SSSR count). The molecule has 0 amide bonds. The Morgan fingerprint density at radius 1 is 1.33 bits per heavy atom. The highest BCUT2D eigenvalue weighted by Crippen LogP contribution is 2.19. The molecule has 0 bridgehead atoms. The van der Waals surface area contributed by atoms with Crippen LogP contribution in [0.15, 0.2) is 46.1 Å². The number of nitrogens with one attached hydrogen (secondary N) is 1. The molecule has 1 heterocycles. The lowest BCUT2D eigenvalue weighted by Gasteiger charge is -2.23. The summed E-state index contributed by atoms with van der Waals surface area (Å²) in [5, 5.41) is 7.59. The first-order chi connectivity index (χ1) is 11.6. The molecule has 1 atom stereocenters. The maximum atomic E-state index is 5.92. The van der Waals surface area contributed by atoms with Gasteiger partial charge >= 0.3 is 0 Å². The topological polar surface area (TPSA) is 46.1 Å². The van der Waals surface area contributed by atoms with E-state index < -0.39 is 0 Å². The molecule has 1 aromatic carbocycles. The second-order valence-corrected chi connectivity index (χ2v) is 6.30. The van der Waals surface area contributed by atoms with E-state index in [4.69, 9.17) is 9.47 Å². The highest BCUT2D eigenvalue weighted by atomic mass is 32.1. The number of methoxy groups -OCH3 is 1. The maximum absolute atomic E-state index is 5.92. The van der Waals surface area contributed by atoms with Gasteiger partial charge in [0.25, 0.3) is 0 Å². The van der Waals surface area contributed by atoms with Crippen molar-refractivity contribution >= 4 is 17.3 Å². The molecule has 24 heavy (non-hydrogen) atoms. The standard InChI is InChI=1S/C18H25N3O2S/c1-14(23-17-7-5-6-16(10-17)22-4)11-20-18(19-2)21(3)12-15-8-9-24-13-15/h5-10,13-14H,11-12H2,1-4H3,(H,19,20). The lowest BCUT2D eigenvalue weighted by Crippen LogP contribution is -2.42. The van der Waals surface area contributed by atoms with E-state index in [1.165, 1.54) is 5.56 Å². The van der Waals surface area contributed by atoms with Crippen LogP contribution in [0.5, 0.6) is 11.5 Å². The molecule has 0 aliphatic carbocycles. The molecular formula is C18H25N3O2S. The Kier molecular flexibility index (Phi) is 6.93. The van der Waals surface area contributed by atoms with Gasteiger partial charge in [0.1, 0.15) is 17.6 Å². The van der Waals surface area contributed by atoms with Crippen LogP contribution < -0.4 is 14.8 Å². The summed E-state index contributed by atoms with van der Waals surface area (Å²) in [6.07, 6.45) is 0.00315. The molecule has 2 aromatic rings.